The molecule has 5 heterocycles. The first kappa shape index (κ1) is 22.8. The smallest absolute Gasteiger partial charge is 0.317 e. The van der Waals surface area contributed by atoms with E-state index >= 15 is 0 Å². The first-order valence-corrected chi connectivity index (χ1v) is 13.2. The van der Waals surface area contributed by atoms with Gasteiger partial charge in [0.2, 0.25) is 0 Å². The Kier molecular flexibility index (Phi) is 6.80. The zero-order valence-corrected chi connectivity index (χ0v) is 20.6. The second-order valence-corrected chi connectivity index (χ2v) is 10.4. The molecule has 1 fully saturated rings. The van der Waals surface area contributed by atoms with Gasteiger partial charge in [-0.05, 0) is 36.9 Å². The van der Waals surface area contributed by atoms with Gasteiger partial charge >= 0.3 is 6.03 Å². The average Bonchev–Trinajstić information content (AvgIpc) is 3.59. The van der Waals surface area contributed by atoms with Gasteiger partial charge in [0, 0.05) is 54.5 Å². The minimum Gasteiger partial charge on any atom is -0.469 e. The van der Waals surface area contributed by atoms with Crippen molar-refractivity contribution in [3.8, 4) is 10.4 Å². The highest BCUT2D eigenvalue weighted by atomic mass is 32.1. The number of rotatable bonds is 7. The largest absolute Gasteiger partial charge is 0.469 e. The van der Waals surface area contributed by atoms with E-state index in [-0.39, 0.29) is 17.6 Å². The predicted octanol–water partition coefficient (Wildman–Crippen LogP) is 4.15. The molecule has 0 unspecified atom stereocenters. The summed E-state index contributed by atoms with van der Waals surface area (Å²) in [6.45, 7) is 5.34. The van der Waals surface area contributed by atoms with Gasteiger partial charge in [0.1, 0.15) is 16.4 Å². The zero-order chi connectivity index (χ0) is 23.5. The molecule has 2 N–H and O–H groups in total. The minimum atomic E-state index is -0.0915. The van der Waals surface area contributed by atoms with E-state index in [2.05, 4.69) is 15.2 Å². The molecule has 2 amide bonds. The summed E-state index contributed by atoms with van der Waals surface area (Å²) < 4.78 is 5.36. The van der Waals surface area contributed by atoms with Crippen LogP contribution in [0.4, 0.5) is 4.79 Å². The normalized spacial score (nSPS) is 15.6. The summed E-state index contributed by atoms with van der Waals surface area (Å²) in [6, 6.07) is 7.88. The number of aryl methyl sites for hydroxylation is 1. The Morgan fingerprint density at radius 3 is 2.82 bits per heavy atom. The molecule has 0 saturated carbocycles. The molecule has 1 atom stereocenters. The zero-order valence-electron chi connectivity index (χ0n) is 19.0. The molecule has 34 heavy (non-hydrogen) atoms. The van der Waals surface area contributed by atoms with Crippen molar-refractivity contribution in [3.63, 3.8) is 0 Å². The fourth-order valence-corrected chi connectivity index (χ4v) is 5.97. The van der Waals surface area contributed by atoms with E-state index < -0.39 is 0 Å². The van der Waals surface area contributed by atoms with Gasteiger partial charge in [-0.25, -0.2) is 9.78 Å². The SMILES string of the molecule is C[C@@H](CCc1ccco1)NC(=O)N1CCN(Cc2nc3scc(-c4cccs4)c3c(=O)[nH]2)CC1. The highest BCUT2D eigenvalue weighted by Gasteiger charge is 2.23. The van der Waals surface area contributed by atoms with Gasteiger partial charge in [-0.2, -0.15) is 0 Å². The van der Waals surface area contributed by atoms with Crippen LogP contribution in [0.25, 0.3) is 20.7 Å². The summed E-state index contributed by atoms with van der Waals surface area (Å²) in [5, 5.41) is 7.77. The molecule has 0 aromatic carbocycles. The van der Waals surface area contributed by atoms with E-state index in [4.69, 9.17) is 9.40 Å². The monoisotopic (exact) mass is 497 g/mol. The van der Waals surface area contributed by atoms with Gasteiger partial charge in [0.25, 0.3) is 5.56 Å². The molecule has 8 nitrogen and oxygen atoms in total. The Bertz CT molecular complexity index is 1290. The number of carbonyl (C=O) groups excluding carboxylic acids is 1. The molecular formula is C24H27N5O3S2. The average molecular weight is 498 g/mol. The maximum absolute atomic E-state index is 12.8. The number of nitrogens with zero attached hydrogens (tertiary/aromatic N) is 3. The van der Waals surface area contributed by atoms with Crippen LogP contribution in [0.3, 0.4) is 0 Å². The number of fused-ring (bicyclic) bond motifs is 1. The van der Waals surface area contributed by atoms with Crippen LogP contribution in [-0.4, -0.2) is 58.0 Å². The Hall–Kier alpha value is -2.95. The molecule has 10 heteroatoms. The molecule has 0 radical (unpaired) electrons. The third-order valence-corrected chi connectivity index (χ3v) is 7.86. The van der Waals surface area contributed by atoms with Crippen LogP contribution in [0.5, 0.6) is 0 Å². The number of hydrogen-bond acceptors (Lipinski definition) is 7. The lowest BCUT2D eigenvalue weighted by Crippen LogP contribution is -2.53. The molecule has 1 saturated heterocycles. The van der Waals surface area contributed by atoms with Crippen molar-refractivity contribution >= 4 is 38.9 Å². The van der Waals surface area contributed by atoms with Crippen molar-refractivity contribution in [2.24, 2.45) is 0 Å². The standard InChI is InChI=1S/C24H27N5O3S2/c1-16(6-7-17-4-2-12-32-17)25-24(31)29-10-8-28(9-11-29)14-20-26-22(30)21-18(15-34-23(21)27-20)19-5-3-13-33-19/h2-5,12-13,15-16H,6-11,14H2,1H3,(H,25,31)(H,26,27,30)/t16-/m0/s1. The fraction of sp³-hybridized carbons (Fsp3) is 0.375. The minimum absolute atomic E-state index is 0.0285. The summed E-state index contributed by atoms with van der Waals surface area (Å²) in [7, 11) is 0. The van der Waals surface area contributed by atoms with Gasteiger partial charge < -0.3 is 19.6 Å². The van der Waals surface area contributed by atoms with E-state index in [1.807, 2.05) is 46.8 Å². The van der Waals surface area contributed by atoms with Crippen LogP contribution in [0.2, 0.25) is 0 Å². The summed E-state index contributed by atoms with van der Waals surface area (Å²) in [4.78, 5) is 39.1. The molecule has 0 spiro atoms. The molecule has 0 aliphatic carbocycles. The van der Waals surface area contributed by atoms with Crippen LogP contribution in [0, 0.1) is 0 Å². The van der Waals surface area contributed by atoms with E-state index in [1.165, 1.54) is 11.3 Å². The number of nitrogens with one attached hydrogen (secondary N) is 2. The van der Waals surface area contributed by atoms with Crippen molar-refractivity contribution in [1.29, 1.82) is 0 Å². The number of furan rings is 1. The van der Waals surface area contributed by atoms with E-state index in [0.717, 1.165) is 47.0 Å². The predicted molar refractivity (Wildman–Crippen MR) is 135 cm³/mol. The number of amides is 2. The quantitative estimate of drug-likeness (QED) is 0.400. The summed E-state index contributed by atoms with van der Waals surface area (Å²) in [5.74, 6) is 1.60. The highest BCUT2D eigenvalue weighted by molar-refractivity contribution is 7.18. The molecule has 178 valence electrons. The number of urea groups is 1. The van der Waals surface area contributed by atoms with Crippen molar-refractivity contribution in [2.75, 3.05) is 26.2 Å². The van der Waals surface area contributed by atoms with Gasteiger partial charge in [-0.1, -0.05) is 6.07 Å². The second-order valence-electron chi connectivity index (χ2n) is 8.55. The Balaban J connectivity index is 1.14. The van der Waals surface area contributed by atoms with Crippen molar-refractivity contribution in [2.45, 2.75) is 32.4 Å². The number of thiophene rings is 2. The van der Waals surface area contributed by atoms with Crippen LogP contribution < -0.4 is 10.9 Å². The van der Waals surface area contributed by atoms with Crippen LogP contribution in [0.15, 0.2) is 50.5 Å². The Morgan fingerprint density at radius 2 is 2.09 bits per heavy atom. The molecule has 1 aliphatic rings. The molecular weight excluding hydrogens is 470 g/mol. The Labute approximate surface area is 205 Å². The molecule has 0 bridgehead atoms. The maximum Gasteiger partial charge on any atom is 0.317 e. The van der Waals surface area contributed by atoms with Crippen LogP contribution in [-0.2, 0) is 13.0 Å². The lowest BCUT2D eigenvalue weighted by Gasteiger charge is -2.35. The van der Waals surface area contributed by atoms with Gasteiger partial charge in [-0.15, -0.1) is 22.7 Å². The number of hydrogen-bond donors (Lipinski definition) is 2. The van der Waals surface area contributed by atoms with Crippen LogP contribution in [0.1, 0.15) is 24.9 Å². The number of aromatic nitrogens is 2. The topological polar surface area (TPSA) is 94.5 Å². The number of aromatic amines is 1. The number of H-pyrrole nitrogens is 1. The first-order chi connectivity index (χ1) is 16.6. The Morgan fingerprint density at radius 1 is 1.24 bits per heavy atom. The lowest BCUT2D eigenvalue weighted by molar-refractivity contribution is 0.131. The number of carbonyl (C=O) groups is 1. The summed E-state index contributed by atoms with van der Waals surface area (Å²) in [5.41, 5.74) is 0.861. The second kappa shape index (κ2) is 10.1. The molecule has 5 rings (SSSR count). The van der Waals surface area contributed by atoms with E-state index in [0.29, 0.717) is 30.8 Å². The fourth-order valence-electron chi connectivity index (χ4n) is 4.19. The highest BCUT2D eigenvalue weighted by Crippen LogP contribution is 2.33. The van der Waals surface area contributed by atoms with Crippen molar-refractivity contribution in [3.05, 3.63) is 63.2 Å². The maximum atomic E-state index is 12.8. The summed E-state index contributed by atoms with van der Waals surface area (Å²) in [6.07, 6.45) is 3.30. The van der Waals surface area contributed by atoms with E-state index in [9.17, 15) is 9.59 Å². The lowest BCUT2D eigenvalue weighted by atomic mass is 10.1. The third kappa shape index (κ3) is 5.08. The first-order valence-electron chi connectivity index (χ1n) is 11.4. The van der Waals surface area contributed by atoms with Gasteiger partial charge in [-0.3, -0.25) is 9.69 Å². The van der Waals surface area contributed by atoms with Crippen LogP contribution >= 0.6 is 22.7 Å². The van der Waals surface area contributed by atoms with E-state index in [1.54, 1.807) is 17.6 Å². The molecule has 1 aliphatic heterocycles. The van der Waals surface area contributed by atoms with Crippen molar-refractivity contribution < 1.29 is 9.21 Å². The van der Waals surface area contributed by atoms with Crippen molar-refractivity contribution in [1.82, 2.24) is 25.1 Å². The van der Waals surface area contributed by atoms with Gasteiger partial charge in [0.15, 0.2) is 0 Å². The summed E-state index contributed by atoms with van der Waals surface area (Å²) >= 11 is 3.13. The number of piperazine rings is 1. The third-order valence-electron chi connectivity index (χ3n) is 6.09. The molecule has 4 aromatic rings. The van der Waals surface area contributed by atoms with Gasteiger partial charge in [0.05, 0.1) is 18.2 Å². The molecule has 4 aromatic heterocycles.